The lowest BCUT2D eigenvalue weighted by Gasteiger charge is -2.22. The van der Waals surface area contributed by atoms with Crippen LogP contribution < -0.4 is 15.0 Å². The van der Waals surface area contributed by atoms with Crippen LogP contribution in [0.3, 0.4) is 0 Å². The van der Waals surface area contributed by atoms with Crippen molar-refractivity contribution in [1.82, 2.24) is 9.66 Å². The minimum atomic E-state index is -0.164. The third kappa shape index (κ3) is 6.32. The first kappa shape index (κ1) is 27.7. The van der Waals surface area contributed by atoms with E-state index in [9.17, 15) is 4.79 Å². The van der Waals surface area contributed by atoms with Gasteiger partial charge in [0.1, 0.15) is 12.4 Å². The smallest absolute Gasteiger partial charge is 0.282 e. The summed E-state index contributed by atoms with van der Waals surface area (Å²) in [5, 5.41) is 6.17. The molecule has 0 N–H and O–H groups in total. The third-order valence-corrected chi connectivity index (χ3v) is 8.10. The Morgan fingerprint density at radius 3 is 2.62 bits per heavy atom. The van der Waals surface area contributed by atoms with Crippen molar-refractivity contribution in [3.63, 3.8) is 0 Å². The molecular weight excluding hydrogens is 601 g/mol. The number of benzene rings is 3. The molecule has 5 rings (SSSR count). The van der Waals surface area contributed by atoms with Crippen LogP contribution in [0.5, 0.6) is 11.5 Å². The van der Waals surface area contributed by atoms with Crippen molar-refractivity contribution in [2.24, 2.45) is 5.10 Å². The minimum absolute atomic E-state index is 0.164. The Morgan fingerprint density at radius 1 is 1.05 bits per heavy atom. The van der Waals surface area contributed by atoms with Crippen molar-refractivity contribution >= 4 is 56.2 Å². The largest absolute Gasteiger partial charge is 0.490 e. The van der Waals surface area contributed by atoms with Crippen LogP contribution in [0.4, 0.5) is 0 Å². The molecular formula is C30H28BrCl2N3O3. The summed E-state index contributed by atoms with van der Waals surface area (Å²) in [6.07, 6.45) is 7.15. The molecule has 1 aliphatic carbocycles. The molecule has 0 bridgehead atoms. The highest BCUT2D eigenvalue weighted by Crippen LogP contribution is 2.38. The van der Waals surface area contributed by atoms with Gasteiger partial charge in [0.05, 0.1) is 38.2 Å². The monoisotopic (exact) mass is 627 g/mol. The molecule has 0 spiro atoms. The molecule has 3 aromatic carbocycles. The second-order valence-corrected chi connectivity index (χ2v) is 11.2. The van der Waals surface area contributed by atoms with Gasteiger partial charge in [0.2, 0.25) is 0 Å². The lowest BCUT2D eigenvalue weighted by molar-refractivity contribution is 0.267. The van der Waals surface area contributed by atoms with Crippen LogP contribution in [0.2, 0.25) is 10.0 Å². The molecule has 0 aliphatic heterocycles. The van der Waals surface area contributed by atoms with Crippen LogP contribution in [-0.4, -0.2) is 22.5 Å². The highest BCUT2D eigenvalue weighted by molar-refractivity contribution is 9.10. The lowest BCUT2D eigenvalue weighted by atomic mass is 9.88. The van der Waals surface area contributed by atoms with Crippen LogP contribution in [0.1, 0.15) is 61.9 Å². The molecule has 1 aromatic heterocycles. The first-order valence-electron chi connectivity index (χ1n) is 13.0. The predicted octanol–water partition coefficient (Wildman–Crippen LogP) is 8.37. The topological polar surface area (TPSA) is 65.7 Å². The number of halogens is 3. The molecule has 4 aromatic rings. The summed E-state index contributed by atoms with van der Waals surface area (Å²) in [7, 11) is 0. The fourth-order valence-corrected chi connectivity index (χ4v) is 5.75. The molecule has 0 atom stereocenters. The fourth-order valence-electron chi connectivity index (χ4n) is 4.85. The second-order valence-electron chi connectivity index (χ2n) is 9.48. The van der Waals surface area contributed by atoms with E-state index in [0.29, 0.717) is 43.5 Å². The van der Waals surface area contributed by atoms with Gasteiger partial charge in [0, 0.05) is 5.92 Å². The number of fused-ring (bicyclic) bond motifs is 1. The third-order valence-electron chi connectivity index (χ3n) is 6.77. The number of rotatable bonds is 8. The first-order valence-corrected chi connectivity index (χ1v) is 14.6. The summed E-state index contributed by atoms with van der Waals surface area (Å²) >= 11 is 15.8. The average Bonchev–Trinajstić information content (AvgIpc) is 2.94. The Morgan fingerprint density at radius 2 is 1.85 bits per heavy atom. The van der Waals surface area contributed by atoms with Crippen molar-refractivity contribution in [3.05, 3.63) is 96.4 Å². The zero-order chi connectivity index (χ0) is 27.4. The van der Waals surface area contributed by atoms with Crippen LogP contribution in [0, 0.1) is 0 Å². The summed E-state index contributed by atoms with van der Waals surface area (Å²) in [6, 6.07) is 16.6. The summed E-state index contributed by atoms with van der Waals surface area (Å²) < 4.78 is 14.2. The predicted molar refractivity (Wildman–Crippen MR) is 161 cm³/mol. The number of hydrogen-bond acceptors (Lipinski definition) is 5. The molecule has 0 amide bonds. The highest BCUT2D eigenvalue weighted by Gasteiger charge is 2.22. The van der Waals surface area contributed by atoms with E-state index in [1.807, 2.05) is 43.3 Å². The van der Waals surface area contributed by atoms with E-state index in [1.165, 1.54) is 11.1 Å². The van der Waals surface area contributed by atoms with Gasteiger partial charge in [-0.15, -0.1) is 0 Å². The summed E-state index contributed by atoms with van der Waals surface area (Å²) in [5.41, 5.74) is 2.17. The molecule has 9 heteroatoms. The SMILES string of the molecule is CCOc1cc(C=Nn2c(C3CCCCC3)nc3ccccc3c2=O)cc(Br)c1OCc1ccc(Cl)c(Cl)c1. The minimum Gasteiger partial charge on any atom is -0.490 e. The second kappa shape index (κ2) is 12.5. The van der Waals surface area contributed by atoms with Crippen molar-refractivity contribution < 1.29 is 9.47 Å². The van der Waals surface area contributed by atoms with Gasteiger partial charge in [-0.25, -0.2) is 4.98 Å². The molecule has 202 valence electrons. The summed E-state index contributed by atoms with van der Waals surface area (Å²) in [5.74, 6) is 2.05. The van der Waals surface area contributed by atoms with Gasteiger partial charge in [-0.2, -0.15) is 9.78 Å². The van der Waals surface area contributed by atoms with Crippen LogP contribution in [-0.2, 0) is 6.61 Å². The first-order chi connectivity index (χ1) is 18.9. The Hall–Kier alpha value is -2.87. The quantitative estimate of drug-likeness (QED) is 0.184. The Kier molecular flexibility index (Phi) is 8.90. The van der Waals surface area contributed by atoms with E-state index in [1.54, 1.807) is 24.4 Å². The van der Waals surface area contributed by atoms with Gasteiger partial charge >= 0.3 is 0 Å². The van der Waals surface area contributed by atoms with E-state index < -0.39 is 0 Å². The molecule has 1 fully saturated rings. The van der Waals surface area contributed by atoms with E-state index in [4.69, 9.17) is 37.7 Å². The van der Waals surface area contributed by atoms with Crippen LogP contribution in [0.15, 0.2) is 69.0 Å². The number of ether oxygens (including phenoxy) is 2. The zero-order valence-electron chi connectivity index (χ0n) is 21.5. The molecule has 0 saturated heterocycles. The van der Waals surface area contributed by atoms with Gasteiger partial charge in [-0.1, -0.05) is 60.7 Å². The van der Waals surface area contributed by atoms with E-state index in [0.717, 1.165) is 42.6 Å². The number of nitrogens with zero attached hydrogens (tertiary/aromatic N) is 3. The lowest BCUT2D eigenvalue weighted by Crippen LogP contribution is -2.25. The normalized spacial score (nSPS) is 14.3. The Balaban J connectivity index is 1.48. The van der Waals surface area contributed by atoms with Gasteiger partial charge in [-0.3, -0.25) is 4.79 Å². The Bertz CT molecular complexity index is 1580. The molecule has 1 heterocycles. The average molecular weight is 629 g/mol. The standard InChI is InChI=1S/C30H28BrCl2N3O3/c1-2-38-27-16-20(14-23(31)28(27)39-18-19-12-13-24(32)25(33)15-19)17-34-36-29(21-8-4-3-5-9-21)35-26-11-7-6-10-22(26)30(36)37/h6-7,10-17,21H,2-5,8-9,18H2,1H3. The summed E-state index contributed by atoms with van der Waals surface area (Å²) in [4.78, 5) is 18.4. The number of aromatic nitrogens is 2. The van der Waals surface area contributed by atoms with Crippen LogP contribution in [0.25, 0.3) is 10.9 Å². The van der Waals surface area contributed by atoms with Crippen molar-refractivity contribution in [2.45, 2.75) is 51.6 Å². The molecule has 6 nitrogen and oxygen atoms in total. The van der Waals surface area contributed by atoms with Gasteiger partial charge in [0.25, 0.3) is 5.56 Å². The van der Waals surface area contributed by atoms with Crippen LogP contribution >= 0.6 is 39.1 Å². The van der Waals surface area contributed by atoms with Crippen molar-refractivity contribution in [3.8, 4) is 11.5 Å². The maximum absolute atomic E-state index is 13.5. The van der Waals surface area contributed by atoms with E-state index in [2.05, 4.69) is 21.0 Å². The molecule has 1 saturated carbocycles. The maximum Gasteiger partial charge on any atom is 0.282 e. The maximum atomic E-state index is 13.5. The Labute approximate surface area is 245 Å². The fraction of sp³-hybridized carbons (Fsp3) is 0.300. The summed E-state index contributed by atoms with van der Waals surface area (Å²) in [6.45, 7) is 2.65. The number of para-hydroxylation sites is 1. The number of hydrogen-bond donors (Lipinski definition) is 0. The molecule has 0 radical (unpaired) electrons. The zero-order valence-corrected chi connectivity index (χ0v) is 24.6. The molecule has 39 heavy (non-hydrogen) atoms. The molecule has 1 aliphatic rings. The van der Waals surface area contributed by atoms with Crippen molar-refractivity contribution in [1.29, 1.82) is 0 Å². The van der Waals surface area contributed by atoms with Gasteiger partial charge in [-0.05, 0) is 83.2 Å². The molecule has 0 unspecified atom stereocenters. The van der Waals surface area contributed by atoms with E-state index >= 15 is 0 Å². The van der Waals surface area contributed by atoms with Crippen molar-refractivity contribution in [2.75, 3.05) is 6.61 Å². The highest BCUT2D eigenvalue weighted by atomic mass is 79.9. The van der Waals surface area contributed by atoms with Gasteiger partial charge < -0.3 is 9.47 Å². The van der Waals surface area contributed by atoms with E-state index in [-0.39, 0.29) is 18.1 Å². The van der Waals surface area contributed by atoms with Gasteiger partial charge in [0.15, 0.2) is 11.5 Å².